The molecule has 1 unspecified atom stereocenters. The lowest BCUT2D eigenvalue weighted by molar-refractivity contribution is -0.149. The number of nitrogens with zero attached hydrogens (tertiary/aromatic N) is 5. The van der Waals surface area contributed by atoms with Crippen LogP contribution in [0.15, 0.2) is 43.0 Å². The van der Waals surface area contributed by atoms with Gasteiger partial charge in [-0.15, -0.1) is 0 Å². The van der Waals surface area contributed by atoms with Gasteiger partial charge in [0, 0.05) is 0 Å². The van der Waals surface area contributed by atoms with Crippen molar-refractivity contribution in [3.8, 4) is 11.8 Å². The zero-order valence-corrected chi connectivity index (χ0v) is 21.8. The number of aliphatic hydroxyl groups excluding tert-OH is 1. The van der Waals surface area contributed by atoms with Gasteiger partial charge in [-0.25, -0.2) is 19.5 Å². The van der Waals surface area contributed by atoms with Crippen molar-refractivity contribution in [3.05, 3.63) is 43.0 Å². The average Bonchev–Trinajstić information content (AvgIpc) is 3.44. The second kappa shape index (κ2) is 11.4. The van der Waals surface area contributed by atoms with Crippen LogP contribution >= 0.6 is 7.75 Å². The summed E-state index contributed by atoms with van der Waals surface area (Å²) in [6, 6.07) is 9.21. The van der Waals surface area contributed by atoms with Crippen molar-refractivity contribution in [3.63, 3.8) is 0 Å². The molecule has 14 nitrogen and oxygen atoms in total. The molecule has 38 heavy (non-hydrogen) atoms. The van der Waals surface area contributed by atoms with Crippen molar-refractivity contribution in [1.82, 2.24) is 24.6 Å². The molecule has 1 aliphatic rings. The largest absolute Gasteiger partial charge is 0.462 e. The number of hydrogen-bond donors (Lipinski definition) is 3. The first-order valence-electron chi connectivity index (χ1n) is 11.8. The number of nitrogens with two attached hydrogens (primary N) is 1. The number of aromatic nitrogens is 4. The fourth-order valence-corrected chi connectivity index (χ4v) is 5.33. The molecule has 0 aliphatic carbocycles. The van der Waals surface area contributed by atoms with Crippen molar-refractivity contribution in [2.75, 3.05) is 12.3 Å². The molecule has 202 valence electrons. The van der Waals surface area contributed by atoms with Crippen molar-refractivity contribution in [2.45, 2.75) is 51.4 Å². The number of ether oxygens (including phenoxy) is 2. The van der Waals surface area contributed by atoms with E-state index in [4.69, 9.17) is 24.3 Å². The monoisotopic (exact) mass is 545 g/mol. The van der Waals surface area contributed by atoms with Crippen molar-refractivity contribution >= 4 is 30.7 Å². The van der Waals surface area contributed by atoms with Crippen LogP contribution in [0.3, 0.4) is 0 Å². The standard InChI is InChI=1S/C23H28N7O7P/c1-13(2)35-23(32)14(3)29-38(33,37-15-7-5-4-6-8-15)34-10-17-19(31)16(9-24)22(36-17)30-12-28-18-20(25)26-11-27-21(18)30/h4-8,11-14,16-17,19,22,31H,10H2,1-3H3,(H,29,33)(H2,25,26,27)/t14-,16+,17+,19-,22+,38?/m0/s1. The van der Waals surface area contributed by atoms with Crippen molar-refractivity contribution < 1.29 is 33.0 Å². The van der Waals surface area contributed by atoms with E-state index in [1.165, 1.54) is 24.1 Å². The highest BCUT2D eigenvalue weighted by molar-refractivity contribution is 7.52. The molecule has 0 saturated carbocycles. The predicted molar refractivity (Wildman–Crippen MR) is 133 cm³/mol. The number of rotatable bonds is 10. The van der Waals surface area contributed by atoms with Gasteiger partial charge in [-0.3, -0.25) is 13.9 Å². The Morgan fingerprint density at radius 1 is 1.29 bits per heavy atom. The number of hydrogen-bond acceptors (Lipinski definition) is 12. The fraction of sp³-hybridized carbons (Fsp3) is 0.435. The third-order valence-corrected chi connectivity index (χ3v) is 7.26. The maximum absolute atomic E-state index is 13.7. The molecule has 0 amide bonds. The fourth-order valence-electron chi connectivity index (χ4n) is 3.82. The molecule has 1 saturated heterocycles. The maximum atomic E-state index is 13.7. The van der Waals surface area contributed by atoms with E-state index in [-0.39, 0.29) is 17.7 Å². The van der Waals surface area contributed by atoms with Gasteiger partial charge in [0.25, 0.3) is 0 Å². The lowest BCUT2D eigenvalue weighted by atomic mass is 10.0. The number of anilines is 1. The summed E-state index contributed by atoms with van der Waals surface area (Å²) in [6.45, 7) is 4.38. The van der Waals surface area contributed by atoms with E-state index in [0.29, 0.717) is 11.2 Å². The number of esters is 1. The SMILES string of the molecule is CC(C)OC(=O)[C@H](C)NP(=O)(OC[C@H]1O[C@@H](n2cnc3c(N)ncnc32)[C@H](C#N)[C@@H]1O)Oc1ccccc1. The van der Waals surface area contributed by atoms with Gasteiger partial charge in [0.15, 0.2) is 17.7 Å². The number of para-hydroxylation sites is 1. The second-order valence-electron chi connectivity index (χ2n) is 8.83. The summed E-state index contributed by atoms with van der Waals surface area (Å²) in [5, 5.41) is 23.2. The van der Waals surface area contributed by atoms with Crippen molar-refractivity contribution in [1.29, 1.82) is 5.26 Å². The summed E-state index contributed by atoms with van der Waals surface area (Å²) in [5.41, 5.74) is 6.48. The first-order valence-corrected chi connectivity index (χ1v) is 13.3. The summed E-state index contributed by atoms with van der Waals surface area (Å²) in [4.78, 5) is 24.6. The zero-order chi connectivity index (χ0) is 27.4. The van der Waals surface area contributed by atoms with E-state index in [1.807, 2.05) is 6.07 Å². The van der Waals surface area contributed by atoms with Crippen LogP contribution in [-0.2, 0) is 23.4 Å². The van der Waals surface area contributed by atoms with Gasteiger partial charge in [-0.05, 0) is 32.9 Å². The van der Waals surface area contributed by atoms with Crippen molar-refractivity contribution in [2.24, 2.45) is 5.92 Å². The normalized spacial score (nSPS) is 23.6. The Kier molecular flexibility index (Phi) is 8.25. The average molecular weight is 545 g/mol. The van der Waals surface area contributed by atoms with E-state index in [0.717, 1.165) is 0 Å². The molecule has 3 heterocycles. The topological polar surface area (TPSA) is 197 Å². The lowest BCUT2D eigenvalue weighted by Crippen LogP contribution is -2.37. The molecule has 6 atom stereocenters. The lowest BCUT2D eigenvalue weighted by Gasteiger charge is -2.25. The molecule has 0 radical (unpaired) electrons. The molecule has 4 rings (SSSR count). The number of benzene rings is 1. The number of carbonyl (C=O) groups is 1. The highest BCUT2D eigenvalue weighted by Gasteiger charge is 2.47. The first kappa shape index (κ1) is 27.4. The summed E-state index contributed by atoms with van der Waals surface area (Å²) < 4.78 is 37.5. The predicted octanol–water partition coefficient (Wildman–Crippen LogP) is 1.94. The van der Waals surface area contributed by atoms with Crippen LogP contribution in [0.5, 0.6) is 5.75 Å². The summed E-state index contributed by atoms with van der Waals surface area (Å²) in [5.74, 6) is -1.33. The Morgan fingerprint density at radius 2 is 2.03 bits per heavy atom. The number of aliphatic hydroxyl groups is 1. The molecule has 3 aromatic rings. The Balaban J connectivity index is 1.53. The van der Waals surface area contributed by atoms with E-state index in [1.54, 1.807) is 44.2 Å². The van der Waals surface area contributed by atoms with E-state index < -0.39 is 50.7 Å². The van der Waals surface area contributed by atoms with Gasteiger partial charge < -0.3 is 24.8 Å². The van der Waals surface area contributed by atoms with Crippen LogP contribution in [0.4, 0.5) is 5.82 Å². The minimum Gasteiger partial charge on any atom is -0.462 e. The molecule has 1 aliphatic heterocycles. The molecule has 0 bridgehead atoms. The van der Waals surface area contributed by atoms with Gasteiger partial charge in [0.2, 0.25) is 0 Å². The first-order chi connectivity index (χ1) is 18.1. The molecule has 4 N–H and O–H groups in total. The summed E-state index contributed by atoms with van der Waals surface area (Å²) in [6.07, 6.45) is -1.16. The highest BCUT2D eigenvalue weighted by Crippen LogP contribution is 2.46. The van der Waals surface area contributed by atoms with Crippen LogP contribution in [0.2, 0.25) is 0 Å². The smallest absolute Gasteiger partial charge is 0.459 e. The van der Waals surface area contributed by atoms with Gasteiger partial charge in [-0.2, -0.15) is 10.3 Å². The van der Waals surface area contributed by atoms with Gasteiger partial charge in [0.05, 0.1) is 25.1 Å². The van der Waals surface area contributed by atoms with E-state index in [9.17, 15) is 19.7 Å². The highest BCUT2D eigenvalue weighted by atomic mass is 31.2. The Morgan fingerprint density at radius 3 is 2.71 bits per heavy atom. The minimum absolute atomic E-state index is 0.149. The number of fused-ring (bicyclic) bond motifs is 1. The summed E-state index contributed by atoms with van der Waals surface area (Å²) in [7, 11) is -4.21. The van der Waals surface area contributed by atoms with Crippen LogP contribution in [0, 0.1) is 17.2 Å². The number of imidazole rings is 1. The minimum atomic E-state index is -4.21. The quantitative estimate of drug-likeness (QED) is 0.247. The van der Waals surface area contributed by atoms with Gasteiger partial charge in [0.1, 0.15) is 41.8 Å². The second-order valence-corrected chi connectivity index (χ2v) is 10.5. The van der Waals surface area contributed by atoms with E-state index >= 15 is 0 Å². The Bertz CT molecular complexity index is 1360. The van der Waals surface area contributed by atoms with E-state index in [2.05, 4.69) is 20.0 Å². The zero-order valence-electron chi connectivity index (χ0n) is 20.9. The molecule has 0 spiro atoms. The molecule has 1 fully saturated rings. The van der Waals surface area contributed by atoms with Crippen LogP contribution < -0.4 is 15.3 Å². The molecule has 15 heteroatoms. The van der Waals surface area contributed by atoms with Gasteiger partial charge in [-0.1, -0.05) is 18.2 Å². The van der Waals surface area contributed by atoms with Crippen LogP contribution in [0.25, 0.3) is 11.2 Å². The van der Waals surface area contributed by atoms with Gasteiger partial charge >= 0.3 is 13.7 Å². The van der Waals surface area contributed by atoms with Crippen LogP contribution in [0.1, 0.15) is 27.0 Å². The number of nitrogen functional groups attached to an aromatic ring is 1. The van der Waals surface area contributed by atoms with Crippen LogP contribution in [-0.4, -0.2) is 61.6 Å². The molecule has 1 aromatic carbocycles. The summed E-state index contributed by atoms with van der Waals surface area (Å²) >= 11 is 0. The number of carbonyl (C=O) groups excluding carboxylic acids is 1. The molecular formula is C23H28N7O7P. The maximum Gasteiger partial charge on any atom is 0.459 e. The number of nitriles is 1. The third-order valence-electron chi connectivity index (χ3n) is 5.62. The molecule has 2 aromatic heterocycles. The Labute approximate surface area is 218 Å². The molecular weight excluding hydrogens is 517 g/mol. The Hall–Kier alpha value is -3.60. The number of nitrogens with one attached hydrogen (secondary N) is 1. The third kappa shape index (κ3) is 5.93.